The second-order valence-corrected chi connectivity index (χ2v) is 14.6. The van der Waals surface area contributed by atoms with Gasteiger partial charge in [-0.3, -0.25) is 14.7 Å². The molecule has 0 bridgehead atoms. The number of nitrogens with zero attached hydrogens (tertiary/aromatic N) is 9. The zero-order chi connectivity index (χ0) is 38.7. The summed E-state index contributed by atoms with van der Waals surface area (Å²) in [5, 5.41) is 16.6. The van der Waals surface area contributed by atoms with Crippen molar-refractivity contribution in [3.05, 3.63) is 161 Å². The van der Waals surface area contributed by atoms with Gasteiger partial charge >= 0.3 is 0 Å². The first-order chi connectivity index (χ1) is 28.0. The lowest BCUT2D eigenvalue weighted by atomic mass is 10.0. The van der Waals surface area contributed by atoms with Gasteiger partial charge < -0.3 is 14.2 Å². The van der Waals surface area contributed by atoms with Gasteiger partial charge in [-0.05, 0) is 83.9 Å². The standard InChI is InChI=1S/C46H43N9O2/c1-32(41-19-16-35-11-4-6-14-43(35)48-41)36-12-7-9-33(27-36)30-55-50-45(49-51-55)40-29-37-28-39(57-2)18-20-44(37)54(46(40)56)22-8-21-52-23-25-53(26-24-52)31-38-17-15-34-10-3-5-13-42(34)47-38/h3-7,9-20,27-29H,1,8,21-26,30-31H2,2H3. The molecule has 8 aromatic rings. The van der Waals surface area contributed by atoms with E-state index in [9.17, 15) is 4.79 Å². The third-order valence-electron chi connectivity index (χ3n) is 10.9. The molecular formula is C46H43N9O2. The maximum absolute atomic E-state index is 14.2. The lowest BCUT2D eigenvalue weighted by Gasteiger charge is -2.34. The normalized spacial score (nSPS) is 13.8. The SMILES string of the molecule is C=C(c1cccc(Cn2nnc(-c3cc4cc(OC)ccc4n(CCCN4CCN(Cc5ccc6ccccc6n5)CC4)c3=O)n2)c1)c1ccc2ccccc2n1. The lowest BCUT2D eigenvalue weighted by Crippen LogP contribution is -2.46. The van der Waals surface area contributed by atoms with Gasteiger partial charge in [0.15, 0.2) is 0 Å². The second kappa shape index (κ2) is 15.9. The van der Waals surface area contributed by atoms with Crippen molar-refractivity contribution in [1.82, 2.24) is 44.5 Å². The number of fused-ring (bicyclic) bond motifs is 3. The maximum Gasteiger partial charge on any atom is 0.262 e. The number of aryl methyl sites for hydroxylation is 1. The molecule has 1 aliphatic rings. The molecule has 0 atom stereocenters. The molecule has 0 N–H and O–H groups in total. The molecule has 0 aliphatic carbocycles. The van der Waals surface area contributed by atoms with Crippen LogP contribution in [0.1, 0.15) is 28.9 Å². The second-order valence-electron chi connectivity index (χ2n) is 14.6. The molecule has 284 valence electrons. The van der Waals surface area contributed by atoms with E-state index in [1.165, 1.54) is 10.2 Å². The molecule has 0 spiro atoms. The molecular weight excluding hydrogens is 711 g/mol. The molecule has 0 unspecified atom stereocenters. The van der Waals surface area contributed by atoms with Crippen LogP contribution in [0.3, 0.4) is 0 Å². The highest BCUT2D eigenvalue weighted by Crippen LogP contribution is 2.26. The first-order valence-corrected chi connectivity index (χ1v) is 19.4. The van der Waals surface area contributed by atoms with Crippen molar-refractivity contribution in [3.63, 3.8) is 0 Å². The number of pyridine rings is 3. The number of piperazine rings is 1. The fourth-order valence-electron chi connectivity index (χ4n) is 7.74. The Morgan fingerprint density at radius 2 is 1.47 bits per heavy atom. The predicted octanol–water partition coefficient (Wildman–Crippen LogP) is 7.08. The van der Waals surface area contributed by atoms with Crippen LogP contribution in [0.15, 0.2) is 133 Å². The van der Waals surface area contributed by atoms with Gasteiger partial charge in [0, 0.05) is 61.0 Å². The Morgan fingerprint density at radius 1 is 0.719 bits per heavy atom. The van der Waals surface area contributed by atoms with Crippen molar-refractivity contribution in [2.75, 3.05) is 39.8 Å². The maximum atomic E-state index is 14.2. The Balaban J connectivity index is 0.878. The number of methoxy groups -OCH3 is 1. The number of benzene rings is 4. The average Bonchev–Trinajstić information content (AvgIpc) is 3.72. The van der Waals surface area contributed by atoms with Crippen LogP contribution in [0.2, 0.25) is 0 Å². The minimum absolute atomic E-state index is 0.138. The van der Waals surface area contributed by atoms with Gasteiger partial charge in [0.05, 0.1) is 47.2 Å². The summed E-state index contributed by atoms with van der Waals surface area (Å²) in [5.74, 6) is 1.00. The molecule has 57 heavy (non-hydrogen) atoms. The van der Waals surface area contributed by atoms with Crippen molar-refractivity contribution < 1.29 is 4.74 Å². The summed E-state index contributed by atoms with van der Waals surface area (Å²) < 4.78 is 7.40. The van der Waals surface area contributed by atoms with Crippen LogP contribution in [0.4, 0.5) is 0 Å². The number of ether oxygens (including phenoxy) is 1. The molecule has 4 aromatic heterocycles. The Kier molecular flexibility index (Phi) is 10.1. The highest BCUT2D eigenvalue weighted by molar-refractivity contribution is 5.85. The van der Waals surface area contributed by atoms with Crippen LogP contribution >= 0.6 is 0 Å². The van der Waals surface area contributed by atoms with Crippen LogP contribution in [-0.2, 0) is 19.6 Å². The van der Waals surface area contributed by atoms with E-state index < -0.39 is 0 Å². The number of hydrogen-bond acceptors (Lipinski definition) is 9. The number of tetrazole rings is 1. The first-order valence-electron chi connectivity index (χ1n) is 19.4. The van der Waals surface area contributed by atoms with Crippen LogP contribution < -0.4 is 10.3 Å². The van der Waals surface area contributed by atoms with Gasteiger partial charge in [0.25, 0.3) is 5.56 Å². The molecule has 0 radical (unpaired) electrons. The van der Waals surface area contributed by atoms with Gasteiger partial charge in [0.1, 0.15) is 5.75 Å². The molecule has 11 nitrogen and oxygen atoms in total. The number of rotatable bonds is 12. The van der Waals surface area contributed by atoms with E-state index in [1.807, 2.05) is 83.4 Å². The molecule has 11 heteroatoms. The van der Waals surface area contributed by atoms with Gasteiger partial charge in [-0.15, -0.1) is 10.2 Å². The summed E-state index contributed by atoms with van der Waals surface area (Å²) in [6.07, 6.45) is 0.827. The third-order valence-corrected chi connectivity index (χ3v) is 10.9. The number of aromatic nitrogens is 7. The van der Waals surface area contributed by atoms with Crippen molar-refractivity contribution >= 4 is 38.3 Å². The van der Waals surface area contributed by atoms with E-state index >= 15 is 0 Å². The number of para-hydroxylation sites is 2. The topological polar surface area (TPSA) is 107 Å². The van der Waals surface area contributed by atoms with E-state index in [2.05, 4.69) is 69.2 Å². The van der Waals surface area contributed by atoms with Crippen molar-refractivity contribution in [3.8, 4) is 17.1 Å². The quantitative estimate of drug-likeness (QED) is 0.129. The molecule has 1 aliphatic heterocycles. The minimum atomic E-state index is -0.138. The van der Waals surface area contributed by atoms with Crippen LogP contribution in [0, 0.1) is 0 Å². The van der Waals surface area contributed by atoms with E-state index in [-0.39, 0.29) is 11.4 Å². The van der Waals surface area contributed by atoms with Crippen molar-refractivity contribution in [2.24, 2.45) is 0 Å². The fraction of sp³-hybridized carbons (Fsp3) is 0.217. The molecule has 4 aromatic carbocycles. The molecule has 5 heterocycles. The smallest absolute Gasteiger partial charge is 0.262 e. The fourth-order valence-corrected chi connectivity index (χ4v) is 7.74. The highest BCUT2D eigenvalue weighted by Gasteiger charge is 2.20. The number of hydrogen-bond donors (Lipinski definition) is 0. The van der Waals surface area contributed by atoms with Gasteiger partial charge in [-0.25, -0.2) is 4.98 Å². The monoisotopic (exact) mass is 753 g/mol. The summed E-state index contributed by atoms with van der Waals surface area (Å²) in [6.45, 7) is 11.0. The summed E-state index contributed by atoms with van der Waals surface area (Å²) in [6, 6.07) is 40.4. The highest BCUT2D eigenvalue weighted by atomic mass is 16.5. The van der Waals surface area contributed by atoms with Crippen LogP contribution in [-0.4, -0.2) is 84.4 Å². The van der Waals surface area contributed by atoms with E-state index in [0.29, 0.717) is 24.4 Å². The van der Waals surface area contributed by atoms with Gasteiger partial charge in [-0.1, -0.05) is 73.3 Å². The predicted molar refractivity (Wildman–Crippen MR) is 225 cm³/mol. The van der Waals surface area contributed by atoms with Gasteiger partial charge in [-0.2, -0.15) is 4.80 Å². The Hall–Kier alpha value is -6.56. The van der Waals surface area contributed by atoms with E-state index in [4.69, 9.17) is 19.8 Å². The van der Waals surface area contributed by atoms with Crippen LogP contribution in [0.5, 0.6) is 5.75 Å². The molecule has 9 rings (SSSR count). The first kappa shape index (κ1) is 36.1. The minimum Gasteiger partial charge on any atom is -0.497 e. The Morgan fingerprint density at radius 3 is 2.28 bits per heavy atom. The van der Waals surface area contributed by atoms with Crippen molar-refractivity contribution in [1.29, 1.82) is 0 Å². The van der Waals surface area contributed by atoms with E-state index in [1.54, 1.807) is 7.11 Å². The summed E-state index contributed by atoms with van der Waals surface area (Å²) in [4.78, 5) is 30.4. The molecule has 1 saturated heterocycles. The Bertz CT molecular complexity index is 2800. The van der Waals surface area contributed by atoms with Crippen LogP contribution in [0.25, 0.3) is 49.7 Å². The molecule has 0 amide bonds. The molecule has 0 saturated carbocycles. The molecule has 1 fully saturated rings. The third kappa shape index (κ3) is 7.80. The summed E-state index contributed by atoms with van der Waals surface area (Å²) in [5.41, 5.74) is 7.78. The average molecular weight is 754 g/mol. The largest absolute Gasteiger partial charge is 0.497 e. The van der Waals surface area contributed by atoms with E-state index in [0.717, 1.165) is 101 Å². The van der Waals surface area contributed by atoms with Gasteiger partial charge in [0.2, 0.25) is 5.82 Å². The summed E-state index contributed by atoms with van der Waals surface area (Å²) in [7, 11) is 1.64. The van der Waals surface area contributed by atoms with Crippen molar-refractivity contribution in [2.45, 2.75) is 26.1 Å². The lowest BCUT2D eigenvalue weighted by molar-refractivity contribution is 0.124. The Labute approximate surface area is 330 Å². The summed E-state index contributed by atoms with van der Waals surface area (Å²) >= 11 is 0. The zero-order valence-electron chi connectivity index (χ0n) is 32.0. The zero-order valence-corrected chi connectivity index (χ0v) is 32.0.